The fourth-order valence-electron chi connectivity index (χ4n) is 3.82. The molecule has 4 rings (SSSR count). The van der Waals surface area contributed by atoms with Crippen LogP contribution in [-0.4, -0.2) is 35.6 Å². The molecular formula is C26H27NO6. The van der Waals surface area contributed by atoms with Crippen molar-refractivity contribution in [3.8, 4) is 17.2 Å². The molecule has 0 saturated carbocycles. The number of allylic oxidation sites excluding steroid dienone is 1. The zero-order valence-electron chi connectivity index (χ0n) is 19.6. The Labute approximate surface area is 192 Å². The summed E-state index contributed by atoms with van der Waals surface area (Å²) in [6.07, 6.45) is 3.68. The van der Waals surface area contributed by atoms with Gasteiger partial charge in [-0.3, -0.25) is 4.79 Å². The number of aromatic nitrogens is 1. The van der Waals surface area contributed by atoms with Crippen molar-refractivity contribution in [2.75, 3.05) is 13.7 Å². The Hall–Kier alpha value is -3.74. The zero-order valence-corrected chi connectivity index (χ0v) is 19.6. The van der Waals surface area contributed by atoms with Gasteiger partial charge in [-0.05, 0) is 64.1 Å². The van der Waals surface area contributed by atoms with Crippen molar-refractivity contribution in [2.45, 2.75) is 33.3 Å². The van der Waals surface area contributed by atoms with E-state index in [1.807, 2.05) is 36.0 Å². The summed E-state index contributed by atoms with van der Waals surface area (Å²) in [4.78, 5) is 25.0. The lowest BCUT2D eigenvalue weighted by Gasteiger charge is -2.19. The number of rotatable bonds is 5. The molecule has 0 radical (unpaired) electrons. The third kappa shape index (κ3) is 4.44. The van der Waals surface area contributed by atoms with Gasteiger partial charge in [0.05, 0.1) is 12.7 Å². The summed E-state index contributed by atoms with van der Waals surface area (Å²) in [6, 6.07) is 9.13. The van der Waals surface area contributed by atoms with Crippen LogP contribution in [0.4, 0.5) is 0 Å². The molecule has 0 aliphatic carbocycles. The van der Waals surface area contributed by atoms with E-state index >= 15 is 0 Å². The van der Waals surface area contributed by atoms with E-state index in [4.69, 9.17) is 18.9 Å². The SMILES string of the molecule is COc1ccc2c(c1)c(/C=C1/Oc3c(ccc(OCC(=O)OC(C)(C)C)c3C)C1=O)cn2C. The van der Waals surface area contributed by atoms with Gasteiger partial charge in [0.2, 0.25) is 5.78 Å². The molecule has 0 amide bonds. The number of carbonyl (C=O) groups excluding carboxylic acids is 2. The molecule has 7 nitrogen and oxygen atoms in total. The van der Waals surface area contributed by atoms with E-state index in [9.17, 15) is 9.59 Å². The van der Waals surface area contributed by atoms with Crippen LogP contribution in [0.2, 0.25) is 0 Å². The molecule has 0 fully saturated rings. The van der Waals surface area contributed by atoms with Crippen molar-refractivity contribution < 1.29 is 28.5 Å². The van der Waals surface area contributed by atoms with Gasteiger partial charge in [-0.25, -0.2) is 4.79 Å². The fourth-order valence-corrected chi connectivity index (χ4v) is 3.82. The van der Waals surface area contributed by atoms with Gasteiger partial charge in [0.15, 0.2) is 12.4 Å². The molecule has 3 aromatic rings. The van der Waals surface area contributed by atoms with Gasteiger partial charge >= 0.3 is 5.97 Å². The monoisotopic (exact) mass is 449 g/mol. The first-order valence-corrected chi connectivity index (χ1v) is 10.6. The molecule has 2 aromatic carbocycles. The van der Waals surface area contributed by atoms with E-state index in [1.54, 1.807) is 53.0 Å². The third-order valence-corrected chi connectivity index (χ3v) is 5.32. The minimum Gasteiger partial charge on any atom is -0.497 e. The molecule has 2 heterocycles. The maximum absolute atomic E-state index is 13.0. The summed E-state index contributed by atoms with van der Waals surface area (Å²) in [5.41, 5.74) is 2.38. The predicted octanol–water partition coefficient (Wildman–Crippen LogP) is 4.83. The normalized spacial score (nSPS) is 14.4. The minimum absolute atomic E-state index is 0.202. The number of fused-ring (bicyclic) bond motifs is 2. The Balaban J connectivity index is 1.60. The van der Waals surface area contributed by atoms with Crippen molar-refractivity contribution in [1.29, 1.82) is 0 Å². The third-order valence-electron chi connectivity index (χ3n) is 5.32. The number of carbonyl (C=O) groups is 2. The zero-order chi connectivity index (χ0) is 23.9. The Morgan fingerprint density at radius 2 is 1.94 bits per heavy atom. The van der Waals surface area contributed by atoms with Crippen LogP contribution in [0.25, 0.3) is 17.0 Å². The number of Topliss-reactive ketones (excluding diaryl/α,β-unsaturated/α-hetero) is 1. The molecule has 0 spiro atoms. The molecule has 1 aromatic heterocycles. The van der Waals surface area contributed by atoms with Crippen LogP contribution in [0.5, 0.6) is 17.2 Å². The van der Waals surface area contributed by atoms with Crippen LogP contribution in [0.15, 0.2) is 42.3 Å². The topological polar surface area (TPSA) is 76.0 Å². The smallest absolute Gasteiger partial charge is 0.344 e. The summed E-state index contributed by atoms with van der Waals surface area (Å²) in [7, 11) is 3.56. The van der Waals surface area contributed by atoms with Crippen molar-refractivity contribution in [3.05, 3.63) is 59.0 Å². The highest BCUT2D eigenvalue weighted by atomic mass is 16.6. The molecule has 0 atom stereocenters. The largest absolute Gasteiger partial charge is 0.497 e. The standard InChI is InChI=1S/C26H27NO6/c1-15-21(31-14-23(28)33-26(2,3)4)10-8-18-24(29)22(32-25(15)18)11-16-13-27(5)20-9-7-17(30-6)12-19(16)20/h7-13H,14H2,1-6H3/b22-11+. The molecule has 33 heavy (non-hydrogen) atoms. The number of methoxy groups -OCH3 is 1. The number of esters is 1. The van der Waals surface area contributed by atoms with Gasteiger partial charge in [-0.2, -0.15) is 0 Å². The van der Waals surface area contributed by atoms with Gasteiger partial charge in [-0.1, -0.05) is 0 Å². The average Bonchev–Trinajstić information content (AvgIpc) is 3.23. The predicted molar refractivity (Wildman–Crippen MR) is 125 cm³/mol. The number of aryl methyl sites for hydroxylation is 1. The van der Waals surface area contributed by atoms with E-state index < -0.39 is 11.6 Å². The average molecular weight is 450 g/mol. The van der Waals surface area contributed by atoms with Crippen LogP contribution in [-0.2, 0) is 16.6 Å². The van der Waals surface area contributed by atoms with Gasteiger partial charge in [-0.15, -0.1) is 0 Å². The lowest BCUT2D eigenvalue weighted by Crippen LogP contribution is -2.27. The highest BCUT2D eigenvalue weighted by molar-refractivity contribution is 6.15. The summed E-state index contributed by atoms with van der Waals surface area (Å²) in [5.74, 6) is 1.19. The van der Waals surface area contributed by atoms with Gasteiger partial charge in [0, 0.05) is 35.3 Å². The molecule has 0 unspecified atom stereocenters. The highest BCUT2D eigenvalue weighted by Crippen LogP contribution is 2.40. The molecular weight excluding hydrogens is 422 g/mol. The van der Waals surface area contributed by atoms with Crippen LogP contribution in [0.3, 0.4) is 0 Å². The van der Waals surface area contributed by atoms with Crippen LogP contribution in [0.1, 0.15) is 42.3 Å². The molecule has 1 aliphatic rings. The van der Waals surface area contributed by atoms with Crippen LogP contribution < -0.4 is 14.2 Å². The number of nitrogens with zero attached hydrogens (tertiary/aromatic N) is 1. The lowest BCUT2D eigenvalue weighted by molar-refractivity contribution is -0.157. The Morgan fingerprint density at radius 3 is 2.64 bits per heavy atom. The Morgan fingerprint density at radius 1 is 1.18 bits per heavy atom. The highest BCUT2D eigenvalue weighted by Gasteiger charge is 2.30. The van der Waals surface area contributed by atoms with E-state index in [1.165, 1.54) is 0 Å². The second-order valence-corrected chi connectivity index (χ2v) is 8.96. The fraction of sp³-hybridized carbons (Fsp3) is 0.308. The molecule has 1 aliphatic heterocycles. The molecule has 172 valence electrons. The van der Waals surface area contributed by atoms with E-state index in [-0.39, 0.29) is 18.1 Å². The Bertz CT molecular complexity index is 1290. The molecule has 0 N–H and O–H groups in total. The molecule has 0 bridgehead atoms. The van der Waals surface area contributed by atoms with Crippen molar-refractivity contribution in [2.24, 2.45) is 7.05 Å². The first kappa shape index (κ1) is 22.5. The lowest BCUT2D eigenvalue weighted by atomic mass is 10.1. The van der Waals surface area contributed by atoms with Crippen LogP contribution in [0, 0.1) is 6.92 Å². The first-order chi connectivity index (χ1) is 15.6. The summed E-state index contributed by atoms with van der Waals surface area (Å²) in [5, 5.41) is 0.954. The number of benzene rings is 2. The maximum atomic E-state index is 13.0. The van der Waals surface area contributed by atoms with E-state index in [0.29, 0.717) is 22.6 Å². The van der Waals surface area contributed by atoms with E-state index in [2.05, 4.69) is 0 Å². The summed E-state index contributed by atoms with van der Waals surface area (Å²) in [6.45, 7) is 6.95. The van der Waals surface area contributed by atoms with Crippen LogP contribution >= 0.6 is 0 Å². The van der Waals surface area contributed by atoms with Crippen molar-refractivity contribution in [1.82, 2.24) is 4.57 Å². The summed E-state index contributed by atoms with van der Waals surface area (Å²) >= 11 is 0. The van der Waals surface area contributed by atoms with Gasteiger partial charge in [0.1, 0.15) is 22.8 Å². The van der Waals surface area contributed by atoms with Crippen molar-refractivity contribution >= 4 is 28.7 Å². The number of hydrogen-bond donors (Lipinski definition) is 0. The van der Waals surface area contributed by atoms with E-state index in [0.717, 1.165) is 22.2 Å². The quantitative estimate of drug-likeness (QED) is 0.410. The number of ether oxygens (including phenoxy) is 4. The summed E-state index contributed by atoms with van der Waals surface area (Å²) < 4.78 is 24.2. The maximum Gasteiger partial charge on any atom is 0.344 e. The molecule has 7 heteroatoms. The van der Waals surface area contributed by atoms with Gasteiger partial charge < -0.3 is 23.5 Å². The van der Waals surface area contributed by atoms with Gasteiger partial charge in [0.25, 0.3) is 0 Å². The number of ketones is 1. The molecule has 0 saturated heterocycles. The second kappa shape index (κ2) is 8.31. The van der Waals surface area contributed by atoms with Crippen molar-refractivity contribution in [3.63, 3.8) is 0 Å². The number of hydrogen-bond acceptors (Lipinski definition) is 6. The first-order valence-electron chi connectivity index (χ1n) is 10.6. The second-order valence-electron chi connectivity index (χ2n) is 8.96. The Kier molecular flexibility index (Phi) is 5.66. The minimum atomic E-state index is -0.589.